The van der Waals surface area contributed by atoms with Crippen molar-refractivity contribution in [3.63, 3.8) is 0 Å². The number of nitrogens with one attached hydrogen (secondary N) is 1. The highest BCUT2D eigenvalue weighted by molar-refractivity contribution is 7.99. The van der Waals surface area contributed by atoms with Gasteiger partial charge >= 0.3 is 0 Å². The fourth-order valence-electron chi connectivity index (χ4n) is 2.49. The topological polar surface area (TPSA) is 49.4 Å². The molecule has 0 heterocycles. The van der Waals surface area contributed by atoms with E-state index < -0.39 is 6.04 Å². The molecule has 4 nitrogen and oxygen atoms in total. The first-order valence-corrected chi connectivity index (χ1v) is 9.91. The molecular weight excluding hydrogens is 368 g/mol. The van der Waals surface area contributed by atoms with Crippen molar-refractivity contribution in [3.05, 3.63) is 70.7 Å². The van der Waals surface area contributed by atoms with Crippen LogP contribution in [0.5, 0.6) is 0 Å². The van der Waals surface area contributed by atoms with Crippen molar-refractivity contribution in [3.8, 4) is 0 Å². The van der Waals surface area contributed by atoms with Gasteiger partial charge in [-0.15, -0.1) is 11.8 Å². The molecule has 26 heavy (non-hydrogen) atoms. The first-order valence-electron chi connectivity index (χ1n) is 8.38. The Hall–Kier alpha value is -1.98. The second-order valence-electron chi connectivity index (χ2n) is 5.92. The maximum Gasteiger partial charge on any atom is 0.242 e. The third-order valence-electron chi connectivity index (χ3n) is 4.02. The summed E-state index contributed by atoms with van der Waals surface area (Å²) in [7, 11) is 1.58. The predicted molar refractivity (Wildman–Crippen MR) is 108 cm³/mol. The lowest BCUT2D eigenvalue weighted by atomic mass is 10.1. The van der Waals surface area contributed by atoms with Crippen molar-refractivity contribution < 1.29 is 9.59 Å². The quantitative estimate of drug-likeness (QED) is 0.747. The number of halogens is 1. The highest BCUT2D eigenvalue weighted by atomic mass is 35.5. The van der Waals surface area contributed by atoms with Crippen molar-refractivity contribution in [2.24, 2.45) is 0 Å². The van der Waals surface area contributed by atoms with E-state index in [1.807, 2.05) is 54.6 Å². The van der Waals surface area contributed by atoms with E-state index in [0.29, 0.717) is 17.3 Å². The second-order valence-corrected chi connectivity index (χ2v) is 7.34. The number of carbonyl (C=O) groups excluding carboxylic acids is 2. The summed E-state index contributed by atoms with van der Waals surface area (Å²) in [4.78, 5) is 26.4. The smallest absolute Gasteiger partial charge is 0.242 e. The molecule has 6 heteroatoms. The molecule has 2 aromatic rings. The first-order chi connectivity index (χ1) is 12.5. The van der Waals surface area contributed by atoms with Crippen LogP contribution in [0.1, 0.15) is 18.1 Å². The Morgan fingerprint density at radius 2 is 1.73 bits per heavy atom. The molecule has 1 N–H and O–H groups in total. The zero-order valence-electron chi connectivity index (χ0n) is 14.9. The van der Waals surface area contributed by atoms with Gasteiger partial charge in [0.15, 0.2) is 0 Å². The average molecular weight is 391 g/mol. The van der Waals surface area contributed by atoms with Gasteiger partial charge in [0.25, 0.3) is 0 Å². The number of likely N-dealkylation sites (N-methyl/N-ethyl adjacent to an activating group) is 1. The average Bonchev–Trinajstić information content (AvgIpc) is 2.67. The first kappa shape index (κ1) is 20.3. The largest absolute Gasteiger partial charge is 0.357 e. The minimum absolute atomic E-state index is 0.0519. The number of nitrogens with zero attached hydrogens (tertiary/aromatic N) is 1. The van der Waals surface area contributed by atoms with Gasteiger partial charge in [-0.05, 0) is 30.2 Å². The number of amides is 2. The fourth-order valence-corrected chi connectivity index (χ4v) is 3.49. The molecule has 0 aliphatic carbocycles. The fraction of sp³-hybridized carbons (Fsp3) is 0.300. The Morgan fingerprint density at radius 3 is 2.35 bits per heavy atom. The van der Waals surface area contributed by atoms with Crippen LogP contribution in [0.2, 0.25) is 5.02 Å². The van der Waals surface area contributed by atoms with Crippen LogP contribution < -0.4 is 5.32 Å². The Kier molecular flexibility index (Phi) is 8.01. The molecule has 0 bridgehead atoms. The van der Waals surface area contributed by atoms with Crippen LogP contribution >= 0.6 is 23.4 Å². The van der Waals surface area contributed by atoms with Crippen LogP contribution in [0.15, 0.2) is 54.6 Å². The van der Waals surface area contributed by atoms with Gasteiger partial charge in [-0.1, -0.05) is 54.1 Å². The van der Waals surface area contributed by atoms with Crippen molar-refractivity contribution in [1.29, 1.82) is 0 Å². The van der Waals surface area contributed by atoms with Gasteiger partial charge in [0.1, 0.15) is 6.04 Å². The Morgan fingerprint density at radius 1 is 1.08 bits per heavy atom. The number of hydrogen-bond acceptors (Lipinski definition) is 3. The maximum absolute atomic E-state index is 12.8. The molecule has 0 aliphatic rings. The van der Waals surface area contributed by atoms with Gasteiger partial charge in [-0.2, -0.15) is 0 Å². The van der Waals surface area contributed by atoms with Crippen LogP contribution in [0.3, 0.4) is 0 Å². The van der Waals surface area contributed by atoms with Crippen molar-refractivity contribution in [1.82, 2.24) is 10.2 Å². The van der Waals surface area contributed by atoms with Crippen molar-refractivity contribution in [2.45, 2.75) is 25.3 Å². The maximum atomic E-state index is 12.8. The van der Waals surface area contributed by atoms with E-state index >= 15 is 0 Å². The monoisotopic (exact) mass is 390 g/mol. The van der Waals surface area contributed by atoms with Gasteiger partial charge in [-0.3, -0.25) is 9.59 Å². The van der Waals surface area contributed by atoms with Crippen LogP contribution in [0, 0.1) is 0 Å². The lowest BCUT2D eigenvalue weighted by molar-refractivity contribution is -0.138. The molecule has 2 rings (SSSR count). The lowest BCUT2D eigenvalue weighted by Crippen LogP contribution is -2.47. The van der Waals surface area contributed by atoms with E-state index in [0.717, 1.165) is 16.9 Å². The van der Waals surface area contributed by atoms with Crippen LogP contribution in [0.4, 0.5) is 0 Å². The number of rotatable bonds is 8. The summed E-state index contributed by atoms with van der Waals surface area (Å²) in [5.41, 5.74) is 2.11. The summed E-state index contributed by atoms with van der Waals surface area (Å²) in [6.45, 7) is 2.17. The van der Waals surface area contributed by atoms with Gasteiger partial charge in [-0.25, -0.2) is 0 Å². The minimum Gasteiger partial charge on any atom is -0.357 e. The molecule has 0 unspecified atom stereocenters. The Bertz CT molecular complexity index is 722. The second kappa shape index (κ2) is 10.2. The molecule has 0 spiro atoms. The number of hydrogen-bond donors (Lipinski definition) is 1. The van der Waals surface area contributed by atoms with Crippen LogP contribution in [-0.2, 0) is 21.9 Å². The summed E-state index contributed by atoms with van der Waals surface area (Å²) in [6.07, 6.45) is 0. The van der Waals surface area contributed by atoms with E-state index in [1.165, 1.54) is 11.8 Å². The van der Waals surface area contributed by atoms with Gasteiger partial charge in [0.05, 0.1) is 5.75 Å². The third-order valence-corrected chi connectivity index (χ3v) is 5.26. The zero-order valence-corrected chi connectivity index (χ0v) is 16.5. The summed E-state index contributed by atoms with van der Waals surface area (Å²) in [6, 6.07) is 16.8. The summed E-state index contributed by atoms with van der Waals surface area (Å²) < 4.78 is 0. The zero-order chi connectivity index (χ0) is 18.9. The van der Waals surface area contributed by atoms with Gasteiger partial charge in [0, 0.05) is 24.4 Å². The predicted octanol–water partition coefficient (Wildman–Crippen LogP) is 3.74. The third kappa shape index (κ3) is 6.07. The lowest BCUT2D eigenvalue weighted by Gasteiger charge is -2.28. The highest BCUT2D eigenvalue weighted by Crippen LogP contribution is 2.17. The molecule has 138 valence electrons. The molecule has 0 aromatic heterocycles. The molecule has 1 atom stereocenters. The number of thioether (sulfide) groups is 1. The Labute approximate surface area is 163 Å². The molecule has 0 fully saturated rings. The normalized spacial score (nSPS) is 11.7. The SMILES string of the molecule is CNC(=O)[C@@H](C)N(Cc1ccccc1)C(=O)CSCc1ccc(Cl)cc1. The van der Waals surface area contributed by atoms with Crippen LogP contribution in [0.25, 0.3) is 0 Å². The van der Waals surface area contributed by atoms with E-state index in [2.05, 4.69) is 5.32 Å². The number of benzene rings is 2. The molecule has 2 amide bonds. The van der Waals surface area contributed by atoms with E-state index in [-0.39, 0.29) is 11.8 Å². The van der Waals surface area contributed by atoms with Gasteiger partial charge < -0.3 is 10.2 Å². The van der Waals surface area contributed by atoms with Gasteiger partial charge in [0.2, 0.25) is 11.8 Å². The van der Waals surface area contributed by atoms with Crippen molar-refractivity contribution in [2.75, 3.05) is 12.8 Å². The van der Waals surface area contributed by atoms with E-state index in [9.17, 15) is 9.59 Å². The molecule has 0 radical (unpaired) electrons. The highest BCUT2D eigenvalue weighted by Gasteiger charge is 2.25. The molecule has 0 saturated heterocycles. The molecule has 0 saturated carbocycles. The summed E-state index contributed by atoms with van der Waals surface area (Å²) >= 11 is 7.42. The molecular formula is C20H23ClN2O2S. The van der Waals surface area contributed by atoms with Crippen LogP contribution in [-0.4, -0.2) is 35.6 Å². The van der Waals surface area contributed by atoms with Crippen molar-refractivity contribution >= 4 is 35.2 Å². The Balaban J connectivity index is 1.99. The standard InChI is InChI=1S/C20H23ClN2O2S/c1-15(20(25)22-2)23(12-16-6-4-3-5-7-16)19(24)14-26-13-17-8-10-18(21)11-9-17/h3-11,15H,12-14H2,1-2H3,(H,22,25)/t15-/m1/s1. The summed E-state index contributed by atoms with van der Waals surface area (Å²) in [5, 5.41) is 3.32. The number of carbonyl (C=O) groups is 2. The molecule has 2 aromatic carbocycles. The van der Waals surface area contributed by atoms with E-state index in [4.69, 9.17) is 11.6 Å². The van der Waals surface area contributed by atoms with E-state index in [1.54, 1.807) is 18.9 Å². The summed E-state index contributed by atoms with van der Waals surface area (Å²) in [5.74, 6) is 0.814. The molecule has 0 aliphatic heterocycles. The minimum atomic E-state index is -0.524.